The van der Waals surface area contributed by atoms with Crippen molar-refractivity contribution in [1.29, 1.82) is 0 Å². The minimum Gasteiger partial charge on any atom is -0.389 e. The van der Waals surface area contributed by atoms with E-state index < -0.39 is 27.4 Å². The third-order valence-corrected chi connectivity index (χ3v) is 8.45. The molecule has 4 aromatic rings. The molecular weight excluding hydrogens is 543 g/mol. The Labute approximate surface area is 229 Å². The molecule has 0 radical (unpaired) electrons. The van der Waals surface area contributed by atoms with Crippen LogP contribution in [0.2, 0.25) is 0 Å². The van der Waals surface area contributed by atoms with Gasteiger partial charge < -0.3 is 10.0 Å². The molecule has 0 atom stereocenters. The molecule has 0 bridgehead atoms. The maximum Gasteiger partial charge on any atom is 0.416 e. The molecule has 7 nitrogen and oxygen atoms in total. The van der Waals surface area contributed by atoms with Gasteiger partial charge in [-0.15, -0.1) is 0 Å². The van der Waals surface area contributed by atoms with Crippen LogP contribution in [0.4, 0.5) is 18.9 Å². The van der Waals surface area contributed by atoms with Gasteiger partial charge in [0.05, 0.1) is 16.7 Å². The minimum absolute atomic E-state index is 0.0386. The van der Waals surface area contributed by atoms with Gasteiger partial charge in [0.15, 0.2) is 0 Å². The molecule has 5 rings (SSSR count). The smallest absolute Gasteiger partial charge is 0.389 e. The van der Waals surface area contributed by atoms with Crippen LogP contribution in [0.5, 0.6) is 0 Å². The van der Waals surface area contributed by atoms with Crippen molar-refractivity contribution in [2.75, 3.05) is 17.8 Å². The zero-order chi connectivity index (χ0) is 28.5. The topological polar surface area (TPSA) is 99.6 Å². The first kappa shape index (κ1) is 27.6. The molecule has 1 aliphatic rings. The van der Waals surface area contributed by atoms with Gasteiger partial charge in [-0.1, -0.05) is 36.4 Å². The number of nitrogens with zero attached hydrogens (tertiary/aromatic N) is 2. The highest BCUT2D eigenvalue weighted by Gasteiger charge is 2.36. The van der Waals surface area contributed by atoms with E-state index >= 15 is 0 Å². The Morgan fingerprint density at radius 3 is 2.35 bits per heavy atom. The van der Waals surface area contributed by atoms with Crippen molar-refractivity contribution < 1.29 is 31.5 Å². The number of nitrogens with one attached hydrogen (secondary N) is 1. The lowest BCUT2D eigenvalue weighted by molar-refractivity contribution is -0.137. The molecule has 0 unspecified atom stereocenters. The van der Waals surface area contributed by atoms with E-state index in [1.807, 2.05) is 0 Å². The van der Waals surface area contributed by atoms with E-state index in [4.69, 9.17) is 0 Å². The van der Waals surface area contributed by atoms with Crippen LogP contribution in [0.1, 0.15) is 34.3 Å². The number of pyridine rings is 1. The summed E-state index contributed by atoms with van der Waals surface area (Å²) in [6, 6.07) is 19.3. The van der Waals surface area contributed by atoms with Gasteiger partial charge in [-0.05, 0) is 60.9 Å². The van der Waals surface area contributed by atoms with Gasteiger partial charge in [-0.25, -0.2) is 8.42 Å². The highest BCUT2D eigenvalue weighted by atomic mass is 32.2. The maximum atomic E-state index is 13.1. The highest BCUT2D eigenvalue weighted by molar-refractivity contribution is 7.93. The second-order valence-electron chi connectivity index (χ2n) is 9.91. The fourth-order valence-corrected chi connectivity index (χ4v) is 6.15. The molecule has 2 heterocycles. The van der Waals surface area contributed by atoms with Crippen molar-refractivity contribution in [2.24, 2.45) is 0 Å². The monoisotopic (exact) mass is 569 g/mol. The number of amides is 1. The first-order valence-electron chi connectivity index (χ1n) is 12.6. The summed E-state index contributed by atoms with van der Waals surface area (Å²) in [5.74, 6) is -0.284. The summed E-state index contributed by atoms with van der Waals surface area (Å²) < 4.78 is 67.7. The summed E-state index contributed by atoms with van der Waals surface area (Å²) >= 11 is 0. The summed E-state index contributed by atoms with van der Waals surface area (Å²) in [5.41, 5.74) is -0.631. The predicted molar refractivity (Wildman–Crippen MR) is 144 cm³/mol. The fourth-order valence-electron chi connectivity index (χ4n) is 4.91. The number of carbonyl (C=O) groups is 1. The number of sulfonamides is 1. The number of anilines is 1. The van der Waals surface area contributed by atoms with Crippen LogP contribution in [0.15, 0.2) is 90.0 Å². The normalized spacial score (nSPS) is 15.7. The molecule has 11 heteroatoms. The summed E-state index contributed by atoms with van der Waals surface area (Å²) in [6.07, 6.45) is -2.46. The first-order chi connectivity index (χ1) is 18.9. The van der Waals surface area contributed by atoms with E-state index in [0.29, 0.717) is 22.0 Å². The van der Waals surface area contributed by atoms with Gasteiger partial charge in [-0.3, -0.25) is 14.5 Å². The number of halogens is 3. The number of hydrogen-bond acceptors (Lipinski definition) is 5. The van der Waals surface area contributed by atoms with Crippen molar-refractivity contribution in [1.82, 2.24) is 9.88 Å². The number of piperidine rings is 1. The third kappa shape index (κ3) is 5.95. The standard InChI is InChI=1S/C29H26F3N3O4S/c30-29(31,32)23-7-1-4-20(18-23)19-28(37)13-16-35(17-14-28)27(36)22-9-11-24(12-10-22)34-40(38,39)25-8-2-5-21-6-3-15-33-26(21)25/h1-12,15,18,34,37H,13-14,16-17,19H2. The molecular formula is C29H26F3N3O4S. The van der Waals surface area contributed by atoms with Gasteiger partial charge in [0.25, 0.3) is 15.9 Å². The molecule has 2 N–H and O–H groups in total. The lowest BCUT2D eigenvalue weighted by Crippen LogP contribution is -2.47. The van der Waals surface area contributed by atoms with Crippen LogP contribution in [0.3, 0.4) is 0 Å². The molecule has 0 aliphatic carbocycles. The van der Waals surface area contributed by atoms with E-state index in [9.17, 15) is 31.5 Å². The van der Waals surface area contributed by atoms with Gasteiger partial charge in [0.1, 0.15) is 4.90 Å². The van der Waals surface area contributed by atoms with E-state index in [1.54, 1.807) is 35.2 Å². The number of carbonyl (C=O) groups excluding carboxylic acids is 1. The molecule has 0 saturated carbocycles. The van der Waals surface area contributed by atoms with Crippen LogP contribution in [-0.4, -0.2) is 48.0 Å². The van der Waals surface area contributed by atoms with E-state index in [2.05, 4.69) is 9.71 Å². The Bertz CT molecular complexity index is 1640. The number of rotatable bonds is 6. The molecule has 0 spiro atoms. The Kier molecular flexibility index (Phi) is 7.28. The van der Waals surface area contributed by atoms with Crippen molar-refractivity contribution >= 4 is 32.5 Å². The number of aromatic nitrogens is 1. The van der Waals surface area contributed by atoms with Crippen molar-refractivity contribution in [3.05, 3.63) is 102 Å². The second-order valence-corrected chi connectivity index (χ2v) is 11.6. The van der Waals surface area contributed by atoms with Gasteiger partial charge in [-0.2, -0.15) is 13.2 Å². The number of fused-ring (bicyclic) bond motifs is 1. The molecule has 1 saturated heterocycles. The van der Waals surface area contributed by atoms with Crippen molar-refractivity contribution in [3.8, 4) is 0 Å². The third-order valence-electron chi connectivity index (χ3n) is 7.04. The number of aliphatic hydroxyl groups is 1. The lowest BCUT2D eigenvalue weighted by atomic mass is 9.85. The van der Waals surface area contributed by atoms with Gasteiger partial charge in [0, 0.05) is 42.3 Å². The van der Waals surface area contributed by atoms with E-state index in [1.165, 1.54) is 42.6 Å². The highest BCUT2D eigenvalue weighted by Crippen LogP contribution is 2.32. The predicted octanol–water partition coefficient (Wildman–Crippen LogP) is 5.26. The largest absolute Gasteiger partial charge is 0.416 e. The summed E-state index contributed by atoms with van der Waals surface area (Å²) in [6.45, 7) is 0.466. The summed E-state index contributed by atoms with van der Waals surface area (Å²) in [4.78, 5) is 18.9. The average Bonchev–Trinajstić information content (AvgIpc) is 2.92. The molecule has 3 aromatic carbocycles. The molecule has 1 fully saturated rings. The van der Waals surface area contributed by atoms with Crippen LogP contribution in [-0.2, 0) is 22.6 Å². The van der Waals surface area contributed by atoms with Gasteiger partial charge >= 0.3 is 6.18 Å². The SMILES string of the molecule is O=C(c1ccc(NS(=O)(=O)c2cccc3cccnc23)cc1)N1CCC(O)(Cc2cccc(C(F)(F)F)c2)CC1. The Morgan fingerprint density at radius 1 is 0.975 bits per heavy atom. The van der Waals surface area contributed by atoms with Crippen LogP contribution in [0.25, 0.3) is 10.9 Å². The van der Waals surface area contributed by atoms with E-state index in [-0.39, 0.29) is 48.8 Å². The Morgan fingerprint density at radius 2 is 1.65 bits per heavy atom. The maximum absolute atomic E-state index is 13.1. The Balaban J connectivity index is 1.22. The first-order valence-corrected chi connectivity index (χ1v) is 14.1. The Hall–Kier alpha value is -3.96. The minimum atomic E-state index is -4.46. The molecule has 208 valence electrons. The molecule has 40 heavy (non-hydrogen) atoms. The van der Waals surface area contributed by atoms with Crippen LogP contribution in [0, 0.1) is 0 Å². The zero-order valence-electron chi connectivity index (χ0n) is 21.2. The van der Waals surface area contributed by atoms with Crippen LogP contribution >= 0.6 is 0 Å². The van der Waals surface area contributed by atoms with Gasteiger partial charge in [0.2, 0.25) is 0 Å². The fraction of sp³-hybridized carbons (Fsp3) is 0.241. The summed E-state index contributed by atoms with van der Waals surface area (Å²) in [5, 5.41) is 11.7. The quantitative estimate of drug-likeness (QED) is 0.330. The number of alkyl halides is 3. The van der Waals surface area contributed by atoms with Crippen molar-refractivity contribution in [2.45, 2.75) is 35.9 Å². The van der Waals surface area contributed by atoms with Crippen LogP contribution < -0.4 is 4.72 Å². The number of hydrogen-bond donors (Lipinski definition) is 2. The van der Waals surface area contributed by atoms with E-state index in [0.717, 1.165) is 12.1 Å². The number of benzene rings is 3. The summed E-state index contributed by atoms with van der Waals surface area (Å²) in [7, 11) is -3.94. The zero-order valence-corrected chi connectivity index (χ0v) is 22.0. The number of para-hydroxylation sites is 1. The lowest BCUT2D eigenvalue weighted by Gasteiger charge is -2.38. The number of likely N-dealkylation sites (tertiary alicyclic amines) is 1. The van der Waals surface area contributed by atoms with Crippen molar-refractivity contribution in [3.63, 3.8) is 0 Å². The molecule has 1 amide bonds. The average molecular weight is 570 g/mol. The molecule has 1 aliphatic heterocycles. The molecule has 1 aromatic heterocycles. The second kappa shape index (κ2) is 10.5.